The monoisotopic (exact) mass is 282 g/mol. The van der Waals surface area contributed by atoms with Crippen molar-refractivity contribution >= 4 is 11.6 Å². The molecular formula is C14H13ClF2N2. The molecule has 19 heavy (non-hydrogen) atoms. The van der Waals surface area contributed by atoms with Crippen molar-refractivity contribution < 1.29 is 8.78 Å². The van der Waals surface area contributed by atoms with Crippen molar-refractivity contribution in [2.45, 2.75) is 13.0 Å². The third-order valence-corrected chi connectivity index (χ3v) is 3.32. The summed E-state index contributed by atoms with van der Waals surface area (Å²) < 4.78 is 26.4. The number of benzene rings is 2. The molecule has 0 saturated heterocycles. The lowest BCUT2D eigenvalue weighted by atomic mass is 9.95. The molecule has 0 aliphatic heterocycles. The Morgan fingerprint density at radius 3 is 2.32 bits per heavy atom. The van der Waals surface area contributed by atoms with Crippen LogP contribution in [0.15, 0.2) is 36.4 Å². The van der Waals surface area contributed by atoms with Crippen molar-refractivity contribution in [3.63, 3.8) is 0 Å². The Morgan fingerprint density at radius 1 is 1.05 bits per heavy atom. The van der Waals surface area contributed by atoms with Gasteiger partial charge in [0.2, 0.25) is 0 Å². The molecule has 0 saturated carbocycles. The zero-order valence-electron chi connectivity index (χ0n) is 10.3. The maximum absolute atomic E-state index is 13.4. The van der Waals surface area contributed by atoms with Crippen molar-refractivity contribution in [1.82, 2.24) is 5.43 Å². The third kappa shape index (κ3) is 2.92. The summed E-state index contributed by atoms with van der Waals surface area (Å²) in [6.45, 7) is 1.84. The molecule has 0 spiro atoms. The standard InChI is InChI=1S/C14H13ClF2N2/c1-8-2-3-9(16)6-12(8)14(19-18)11-5-4-10(17)7-13(11)15/h2-7,14,19H,18H2,1H3. The minimum Gasteiger partial charge on any atom is -0.271 e. The summed E-state index contributed by atoms with van der Waals surface area (Å²) in [5.74, 6) is 4.75. The molecule has 5 heteroatoms. The average molecular weight is 283 g/mol. The van der Waals surface area contributed by atoms with Gasteiger partial charge in [-0.25, -0.2) is 14.2 Å². The molecule has 100 valence electrons. The number of halogens is 3. The second-order valence-electron chi connectivity index (χ2n) is 4.27. The molecule has 2 aromatic rings. The van der Waals surface area contributed by atoms with E-state index in [2.05, 4.69) is 5.43 Å². The van der Waals surface area contributed by atoms with Gasteiger partial charge < -0.3 is 0 Å². The highest BCUT2D eigenvalue weighted by molar-refractivity contribution is 6.31. The lowest BCUT2D eigenvalue weighted by molar-refractivity contribution is 0.598. The Hall–Kier alpha value is -1.49. The molecule has 0 amide bonds. The van der Waals surface area contributed by atoms with E-state index in [1.807, 2.05) is 6.92 Å². The molecule has 0 radical (unpaired) electrons. The molecule has 0 aromatic heterocycles. The van der Waals surface area contributed by atoms with E-state index in [0.717, 1.165) is 5.56 Å². The average Bonchev–Trinajstić information content (AvgIpc) is 2.36. The van der Waals surface area contributed by atoms with Gasteiger partial charge in [0.1, 0.15) is 11.6 Å². The van der Waals surface area contributed by atoms with Crippen LogP contribution in [-0.4, -0.2) is 0 Å². The molecular weight excluding hydrogens is 270 g/mol. The summed E-state index contributed by atoms with van der Waals surface area (Å²) in [7, 11) is 0. The smallest absolute Gasteiger partial charge is 0.124 e. The number of rotatable bonds is 3. The maximum atomic E-state index is 13.4. The number of nitrogens with two attached hydrogens (primary N) is 1. The molecule has 0 aliphatic carbocycles. The van der Waals surface area contributed by atoms with Gasteiger partial charge in [-0.1, -0.05) is 23.7 Å². The molecule has 0 heterocycles. The Morgan fingerprint density at radius 2 is 1.68 bits per heavy atom. The topological polar surface area (TPSA) is 38.0 Å². The van der Waals surface area contributed by atoms with Crippen molar-refractivity contribution in [3.8, 4) is 0 Å². The summed E-state index contributed by atoms with van der Waals surface area (Å²) >= 11 is 6.02. The Balaban J connectivity index is 2.52. The highest BCUT2D eigenvalue weighted by Crippen LogP contribution is 2.30. The van der Waals surface area contributed by atoms with Crippen molar-refractivity contribution in [1.29, 1.82) is 0 Å². The van der Waals surface area contributed by atoms with Crippen LogP contribution in [0, 0.1) is 18.6 Å². The summed E-state index contributed by atoms with van der Waals surface area (Å²) in [6, 6.07) is 7.96. The van der Waals surface area contributed by atoms with E-state index in [0.29, 0.717) is 11.1 Å². The predicted octanol–water partition coefficient (Wildman–Crippen LogP) is 3.48. The van der Waals surface area contributed by atoms with Gasteiger partial charge in [-0.05, 0) is 47.9 Å². The van der Waals surface area contributed by atoms with Gasteiger partial charge >= 0.3 is 0 Å². The Kier molecular flexibility index (Phi) is 4.14. The normalized spacial score (nSPS) is 12.5. The zero-order chi connectivity index (χ0) is 14.0. The quantitative estimate of drug-likeness (QED) is 0.668. The lowest BCUT2D eigenvalue weighted by Crippen LogP contribution is -2.29. The van der Waals surface area contributed by atoms with Gasteiger partial charge in [0.15, 0.2) is 0 Å². The van der Waals surface area contributed by atoms with E-state index >= 15 is 0 Å². The molecule has 2 rings (SSSR count). The van der Waals surface area contributed by atoms with Crippen molar-refractivity contribution in [2.24, 2.45) is 5.84 Å². The number of hydrazine groups is 1. The lowest BCUT2D eigenvalue weighted by Gasteiger charge is -2.20. The fourth-order valence-electron chi connectivity index (χ4n) is 2.01. The van der Waals surface area contributed by atoms with Crippen LogP contribution in [0.25, 0.3) is 0 Å². The van der Waals surface area contributed by atoms with Gasteiger partial charge in [-0.2, -0.15) is 0 Å². The SMILES string of the molecule is Cc1ccc(F)cc1C(NN)c1ccc(F)cc1Cl. The highest BCUT2D eigenvalue weighted by atomic mass is 35.5. The van der Waals surface area contributed by atoms with Crippen LogP contribution < -0.4 is 11.3 Å². The van der Waals surface area contributed by atoms with E-state index in [1.54, 1.807) is 6.07 Å². The predicted molar refractivity (Wildman–Crippen MR) is 71.7 cm³/mol. The molecule has 2 nitrogen and oxygen atoms in total. The maximum Gasteiger partial charge on any atom is 0.124 e. The summed E-state index contributed by atoms with van der Waals surface area (Å²) in [5, 5.41) is 0.242. The summed E-state index contributed by atoms with van der Waals surface area (Å²) in [6.07, 6.45) is 0. The molecule has 0 bridgehead atoms. The van der Waals surface area contributed by atoms with Gasteiger partial charge in [-0.3, -0.25) is 5.84 Å². The fourth-order valence-corrected chi connectivity index (χ4v) is 2.28. The largest absolute Gasteiger partial charge is 0.271 e. The minimum absolute atomic E-state index is 0.242. The number of nitrogens with one attached hydrogen (secondary N) is 1. The number of hydrogen-bond acceptors (Lipinski definition) is 2. The minimum atomic E-state index is -0.496. The van der Waals surface area contributed by atoms with Gasteiger partial charge in [0.25, 0.3) is 0 Å². The first kappa shape index (κ1) is 13.9. The van der Waals surface area contributed by atoms with Gasteiger partial charge in [0.05, 0.1) is 6.04 Å². The zero-order valence-corrected chi connectivity index (χ0v) is 11.0. The first-order valence-electron chi connectivity index (χ1n) is 5.70. The number of hydrogen-bond donors (Lipinski definition) is 2. The van der Waals surface area contributed by atoms with Crippen LogP contribution in [0.3, 0.4) is 0 Å². The van der Waals surface area contributed by atoms with Crippen LogP contribution in [0.4, 0.5) is 8.78 Å². The van der Waals surface area contributed by atoms with Crippen molar-refractivity contribution in [3.05, 3.63) is 69.7 Å². The van der Waals surface area contributed by atoms with Crippen LogP contribution in [0.5, 0.6) is 0 Å². The number of aryl methyl sites for hydroxylation is 1. The first-order chi connectivity index (χ1) is 9.02. The van der Waals surface area contributed by atoms with Crippen LogP contribution in [0.1, 0.15) is 22.7 Å². The molecule has 1 unspecified atom stereocenters. The fraction of sp³-hybridized carbons (Fsp3) is 0.143. The second kappa shape index (κ2) is 5.65. The summed E-state index contributed by atoms with van der Waals surface area (Å²) in [4.78, 5) is 0. The summed E-state index contributed by atoms with van der Waals surface area (Å²) in [5.41, 5.74) is 4.71. The van der Waals surface area contributed by atoms with Crippen LogP contribution in [-0.2, 0) is 0 Å². The molecule has 2 aromatic carbocycles. The van der Waals surface area contributed by atoms with E-state index < -0.39 is 11.9 Å². The van der Waals surface area contributed by atoms with E-state index in [-0.39, 0.29) is 10.8 Å². The van der Waals surface area contributed by atoms with Crippen LogP contribution >= 0.6 is 11.6 Å². The molecule has 0 fully saturated rings. The van der Waals surface area contributed by atoms with E-state index in [4.69, 9.17) is 17.4 Å². The second-order valence-corrected chi connectivity index (χ2v) is 4.67. The van der Waals surface area contributed by atoms with Gasteiger partial charge in [-0.15, -0.1) is 0 Å². The molecule has 1 atom stereocenters. The Labute approximate surface area is 115 Å². The van der Waals surface area contributed by atoms with Crippen molar-refractivity contribution in [2.75, 3.05) is 0 Å². The van der Waals surface area contributed by atoms with Crippen LogP contribution in [0.2, 0.25) is 5.02 Å². The highest BCUT2D eigenvalue weighted by Gasteiger charge is 2.18. The van der Waals surface area contributed by atoms with E-state index in [9.17, 15) is 8.78 Å². The van der Waals surface area contributed by atoms with Gasteiger partial charge in [0, 0.05) is 5.02 Å². The third-order valence-electron chi connectivity index (χ3n) is 2.99. The molecule has 0 aliphatic rings. The van der Waals surface area contributed by atoms with E-state index in [1.165, 1.54) is 30.3 Å². The first-order valence-corrected chi connectivity index (χ1v) is 6.08. The molecule has 3 N–H and O–H groups in total. The Bertz CT molecular complexity index is 602.